The van der Waals surface area contributed by atoms with Crippen molar-refractivity contribution in [3.05, 3.63) is 36.3 Å². The van der Waals surface area contributed by atoms with Gasteiger partial charge in [0.15, 0.2) is 5.76 Å². The Hall–Kier alpha value is -2.04. The molecule has 74 valence electrons. The van der Waals surface area contributed by atoms with E-state index in [9.17, 15) is 9.59 Å². The molecule has 1 heterocycles. The molecular formula is C9H9NO4. The molecule has 0 atom stereocenters. The van der Waals surface area contributed by atoms with E-state index in [0.717, 1.165) is 6.26 Å². The zero-order chi connectivity index (χ0) is 10.6. The molecule has 0 radical (unpaired) electrons. The predicted octanol–water partition coefficient (Wildman–Crippen LogP) is 0.894. The van der Waals surface area contributed by atoms with Crippen LogP contribution in [-0.2, 0) is 0 Å². The van der Waals surface area contributed by atoms with E-state index in [0.29, 0.717) is 6.54 Å². The third-order valence-electron chi connectivity index (χ3n) is 1.48. The highest BCUT2D eigenvalue weighted by Crippen LogP contribution is 2.07. The summed E-state index contributed by atoms with van der Waals surface area (Å²) in [5.74, 6) is -1.61. The van der Waals surface area contributed by atoms with Crippen molar-refractivity contribution in [1.29, 1.82) is 0 Å². The van der Waals surface area contributed by atoms with E-state index in [2.05, 4.69) is 11.9 Å². The van der Waals surface area contributed by atoms with Gasteiger partial charge in [-0.3, -0.25) is 4.79 Å². The van der Waals surface area contributed by atoms with E-state index in [4.69, 9.17) is 9.52 Å². The predicted molar refractivity (Wildman–Crippen MR) is 48.2 cm³/mol. The lowest BCUT2D eigenvalue weighted by molar-refractivity contribution is 0.0696. The minimum absolute atomic E-state index is 0.0238. The topological polar surface area (TPSA) is 79.5 Å². The van der Waals surface area contributed by atoms with Gasteiger partial charge < -0.3 is 14.8 Å². The number of carboxylic acid groups (broad SMARTS) is 1. The van der Waals surface area contributed by atoms with E-state index < -0.39 is 11.9 Å². The molecule has 14 heavy (non-hydrogen) atoms. The number of amides is 1. The number of rotatable bonds is 4. The smallest absolute Gasteiger partial charge is 0.338 e. The molecule has 0 aromatic carbocycles. The van der Waals surface area contributed by atoms with Crippen LogP contribution in [0.3, 0.4) is 0 Å². The van der Waals surface area contributed by atoms with Gasteiger partial charge in [0.2, 0.25) is 0 Å². The highest BCUT2D eigenvalue weighted by Gasteiger charge is 2.13. The molecule has 0 spiro atoms. The lowest BCUT2D eigenvalue weighted by atomic mass is 10.3. The molecule has 0 aliphatic heterocycles. The molecule has 0 saturated carbocycles. The molecule has 0 saturated heterocycles. The van der Waals surface area contributed by atoms with Crippen LogP contribution in [0.2, 0.25) is 0 Å². The van der Waals surface area contributed by atoms with Crippen LogP contribution in [0, 0.1) is 0 Å². The van der Waals surface area contributed by atoms with E-state index >= 15 is 0 Å². The standard InChI is InChI=1S/C9H9NO4/c1-2-3-10-8(11)7-4-6(5-14-7)9(12)13/h2,4-5H,1,3H2,(H,10,11)(H,12,13). The van der Waals surface area contributed by atoms with Crippen LogP contribution in [0.25, 0.3) is 0 Å². The second-order valence-electron chi connectivity index (χ2n) is 2.50. The van der Waals surface area contributed by atoms with E-state index in [1.54, 1.807) is 0 Å². The van der Waals surface area contributed by atoms with Gasteiger partial charge in [0, 0.05) is 12.6 Å². The second kappa shape index (κ2) is 4.27. The summed E-state index contributed by atoms with van der Waals surface area (Å²) >= 11 is 0. The SMILES string of the molecule is C=CCNC(=O)c1cc(C(=O)O)co1. The monoisotopic (exact) mass is 195 g/mol. The van der Waals surface area contributed by atoms with Gasteiger partial charge in [-0.05, 0) is 0 Å². The summed E-state index contributed by atoms with van der Waals surface area (Å²) in [7, 11) is 0. The largest absolute Gasteiger partial charge is 0.478 e. The van der Waals surface area contributed by atoms with Gasteiger partial charge in [-0.2, -0.15) is 0 Å². The molecule has 0 unspecified atom stereocenters. The average Bonchev–Trinajstić information content (AvgIpc) is 2.62. The molecule has 0 fully saturated rings. The highest BCUT2D eigenvalue weighted by atomic mass is 16.4. The summed E-state index contributed by atoms with van der Waals surface area (Å²) in [6.07, 6.45) is 2.53. The van der Waals surface area contributed by atoms with Crippen molar-refractivity contribution in [3.63, 3.8) is 0 Å². The second-order valence-corrected chi connectivity index (χ2v) is 2.50. The first kappa shape index (κ1) is 10.0. The van der Waals surface area contributed by atoms with Crippen LogP contribution in [-0.4, -0.2) is 23.5 Å². The van der Waals surface area contributed by atoms with Gasteiger partial charge in [-0.25, -0.2) is 4.79 Å². The molecule has 2 N–H and O–H groups in total. The summed E-state index contributed by atoms with van der Waals surface area (Å²) < 4.78 is 4.76. The third kappa shape index (κ3) is 2.22. The average molecular weight is 195 g/mol. The first-order chi connectivity index (χ1) is 6.65. The number of nitrogens with one attached hydrogen (secondary N) is 1. The molecular weight excluding hydrogens is 186 g/mol. The van der Waals surface area contributed by atoms with Gasteiger partial charge in [-0.15, -0.1) is 6.58 Å². The number of hydrogen-bond acceptors (Lipinski definition) is 3. The van der Waals surface area contributed by atoms with Gasteiger partial charge in [0.05, 0.1) is 5.56 Å². The number of aromatic carboxylic acids is 1. The Labute approximate surface area is 80.0 Å². The van der Waals surface area contributed by atoms with Crippen molar-refractivity contribution in [2.75, 3.05) is 6.54 Å². The Balaban J connectivity index is 2.71. The van der Waals surface area contributed by atoms with Gasteiger partial charge >= 0.3 is 5.97 Å². The van der Waals surface area contributed by atoms with Gasteiger partial charge in [0.25, 0.3) is 5.91 Å². The Morgan fingerprint density at radius 2 is 2.36 bits per heavy atom. The number of carbonyl (C=O) groups is 2. The number of carboxylic acids is 1. The molecule has 5 heteroatoms. The fourth-order valence-electron chi connectivity index (χ4n) is 0.819. The lowest BCUT2D eigenvalue weighted by Gasteiger charge is -1.96. The van der Waals surface area contributed by atoms with Crippen LogP contribution in [0.4, 0.5) is 0 Å². The highest BCUT2D eigenvalue weighted by molar-refractivity contribution is 5.95. The molecule has 5 nitrogen and oxygen atoms in total. The summed E-state index contributed by atoms with van der Waals surface area (Å²) in [5, 5.41) is 11.0. The van der Waals surface area contributed by atoms with Crippen molar-refractivity contribution in [3.8, 4) is 0 Å². The van der Waals surface area contributed by atoms with Crippen molar-refractivity contribution in [2.24, 2.45) is 0 Å². The summed E-state index contributed by atoms with van der Waals surface area (Å²) in [4.78, 5) is 21.6. The Bertz CT molecular complexity index is 367. The Morgan fingerprint density at radius 1 is 1.64 bits per heavy atom. The van der Waals surface area contributed by atoms with Crippen molar-refractivity contribution >= 4 is 11.9 Å². The Kier molecular flexibility index (Phi) is 3.06. The molecule has 1 amide bonds. The zero-order valence-corrected chi connectivity index (χ0v) is 7.32. The fraction of sp³-hybridized carbons (Fsp3) is 0.111. The first-order valence-electron chi connectivity index (χ1n) is 3.86. The maximum Gasteiger partial charge on any atom is 0.338 e. The van der Waals surface area contributed by atoms with Crippen LogP contribution in [0.1, 0.15) is 20.9 Å². The van der Waals surface area contributed by atoms with Crippen LogP contribution in [0.15, 0.2) is 29.4 Å². The Morgan fingerprint density at radius 3 is 2.86 bits per heavy atom. The normalized spacial score (nSPS) is 9.43. The zero-order valence-electron chi connectivity index (χ0n) is 7.32. The molecule has 1 aromatic heterocycles. The third-order valence-corrected chi connectivity index (χ3v) is 1.48. The number of carbonyl (C=O) groups excluding carboxylic acids is 1. The molecule has 1 rings (SSSR count). The molecule has 0 aliphatic carbocycles. The molecule has 0 aliphatic rings. The molecule has 1 aromatic rings. The summed E-state index contributed by atoms with van der Waals surface area (Å²) in [6, 6.07) is 1.17. The minimum Gasteiger partial charge on any atom is -0.478 e. The number of furan rings is 1. The van der Waals surface area contributed by atoms with Crippen molar-refractivity contribution < 1.29 is 19.1 Å². The van der Waals surface area contributed by atoms with E-state index in [-0.39, 0.29) is 11.3 Å². The van der Waals surface area contributed by atoms with E-state index in [1.165, 1.54) is 12.1 Å². The van der Waals surface area contributed by atoms with Crippen molar-refractivity contribution in [2.45, 2.75) is 0 Å². The summed E-state index contributed by atoms with van der Waals surface area (Å²) in [6.45, 7) is 3.73. The minimum atomic E-state index is -1.13. The van der Waals surface area contributed by atoms with Crippen LogP contribution >= 0.6 is 0 Å². The fourth-order valence-corrected chi connectivity index (χ4v) is 0.819. The summed E-state index contributed by atoms with van der Waals surface area (Å²) in [5.41, 5.74) is -0.0475. The van der Waals surface area contributed by atoms with Crippen LogP contribution in [0.5, 0.6) is 0 Å². The van der Waals surface area contributed by atoms with Gasteiger partial charge in [-0.1, -0.05) is 6.08 Å². The van der Waals surface area contributed by atoms with Crippen LogP contribution < -0.4 is 5.32 Å². The number of hydrogen-bond donors (Lipinski definition) is 2. The van der Waals surface area contributed by atoms with Gasteiger partial charge in [0.1, 0.15) is 6.26 Å². The van der Waals surface area contributed by atoms with E-state index in [1.807, 2.05) is 0 Å². The lowest BCUT2D eigenvalue weighted by Crippen LogP contribution is -2.22. The molecule has 0 bridgehead atoms. The quantitative estimate of drug-likeness (QED) is 0.699. The first-order valence-corrected chi connectivity index (χ1v) is 3.86. The van der Waals surface area contributed by atoms with Crippen molar-refractivity contribution in [1.82, 2.24) is 5.32 Å². The maximum atomic E-state index is 11.2. The maximum absolute atomic E-state index is 11.2.